The molecule has 1 aromatic carbocycles. The fraction of sp³-hybridized carbons (Fsp3) is 0.227. The van der Waals surface area contributed by atoms with E-state index in [1.807, 2.05) is 24.3 Å². The second-order valence-electron chi connectivity index (χ2n) is 7.52. The quantitative estimate of drug-likeness (QED) is 0.458. The van der Waals surface area contributed by atoms with Crippen LogP contribution in [0.4, 0.5) is 0 Å². The van der Waals surface area contributed by atoms with E-state index in [2.05, 4.69) is 10.3 Å². The van der Waals surface area contributed by atoms with Gasteiger partial charge in [-0.25, -0.2) is 14.3 Å². The second kappa shape index (κ2) is 8.50. The number of aromatic nitrogens is 5. The van der Waals surface area contributed by atoms with Gasteiger partial charge in [0, 0.05) is 32.9 Å². The Morgan fingerprint density at radius 3 is 2.44 bits per heavy atom. The lowest BCUT2D eigenvalue weighted by Crippen LogP contribution is -2.43. The minimum atomic E-state index is -0.600. The summed E-state index contributed by atoms with van der Waals surface area (Å²) in [5.41, 5.74) is 1.10. The van der Waals surface area contributed by atoms with Gasteiger partial charge in [0.15, 0.2) is 11.2 Å². The Kier molecular flexibility index (Phi) is 5.59. The van der Waals surface area contributed by atoms with E-state index in [-0.39, 0.29) is 29.8 Å². The Hall–Kier alpha value is -4.21. The van der Waals surface area contributed by atoms with Crippen LogP contribution in [0.1, 0.15) is 11.1 Å². The summed E-state index contributed by atoms with van der Waals surface area (Å²) in [7, 11) is 3.17. The Labute approximate surface area is 182 Å². The highest BCUT2D eigenvalue weighted by Gasteiger charge is 2.16. The Morgan fingerprint density at radius 1 is 1.00 bits per heavy atom. The number of aryl methyl sites for hydroxylation is 2. The van der Waals surface area contributed by atoms with Crippen molar-refractivity contribution in [2.24, 2.45) is 14.1 Å². The summed E-state index contributed by atoms with van der Waals surface area (Å²) in [6, 6.07) is 12.5. The summed E-state index contributed by atoms with van der Waals surface area (Å²) in [5.74, 6) is -0.453. The number of nitrogens with one attached hydrogen (secondary N) is 1. The number of pyridine rings is 1. The highest BCUT2D eigenvalue weighted by molar-refractivity contribution is 5.76. The SMILES string of the molecule is Cn1cnc2c1c(=O)n(CC(=O)NCc1ccc(Cn3ccccc3=O)cc1)c(=O)n2C. The fourth-order valence-corrected chi connectivity index (χ4v) is 3.49. The van der Waals surface area contributed by atoms with Crippen molar-refractivity contribution >= 4 is 17.1 Å². The molecule has 0 radical (unpaired) electrons. The van der Waals surface area contributed by atoms with Crippen LogP contribution in [-0.2, 0) is 38.5 Å². The maximum absolute atomic E-state index is 12.7. The number of carbonyl (C=O) groups excluding carboxylic acids is 1. The van der Waals surface area contributed by atoms with E-state index in [9.17, 15) is 19.2 Å². The molecule has 4 rings (SSSR count). The molecule has 164 valence electrons. The lowest BCUT2D eigenvalue weighted by atomic mass is 10.1. The third-order valence-corrected chi connectivity index (χ3v) is 5.27. The molecule has 0 aliphatic heterocycles. The molecule has 10 nitrogen and oxygen atoms in total. The number of nitrogens with zero attached hydrogens (tertiary/aromatic N) is 5. The van der Waals surface area contributed by atoms with E-state index in [0.717, 1.165) is 15.7 Å². The minimum absolute atomic E-state index is 0.0745. The summed E-state index contributed by atoms with van der Waals surface area (Å²) in [6.07, 6.45) is 3.18. The van der Waals surface area contributed by atoms with Gasteiger partial charge in [0.05, 0.1) is 12.9 Å². The molecule has 4 aromatic rings. The van der Waals surface area contributed by atoms with E-state index in [1.165, 1.54) is 28.6 Å². The first-order valence-electron chi connectivity index (χ1n) is 9.96. The van der Waals surface area contributed by atoms with Crippen LogP contribution in [0.15, 0.2) is 69.4 Å². The third-order valence-electron chi connectivity index (χ3n) is 5.27. The van der Waals surface area contributed by atoms with Crippen LogP contribution in [0.25, 0.3) is 11.2 Å². The van der Waals surface area contributed by atoms with Crippen LogP contribution < -0.4 is 22.1 Å². The van der Waals surface area contributed by atoms with Crippen molar-refractivity contribution in [3.05, 3.63) is 97.3 Å². The summed E-state index contributed by atoms with van der Waals surface area (Å²) < 4.78 is 5.28. The maximum atomic E-state index is 12.7. The fourth-order valence-electron chi connectivity index (χ4n) is 3.49. The summed E-state index contributed by atoms with van der Waals surface area (Å²) in [5, 5.41) is 2.73. The molecule has 0 aliphatic rings. The van der Waals surface area contributed by atoms with Gasteiger partial charge in [-0.2, -0.15) is 0 Å². The summed E-state index contributed by atoms with van der Waals surface area (Å²) in [4.78, 5) is 53.5. The van der Waals surface area contributed by atoms with E-state index < -0.39 is 17.2 Å². The number of fused-ring (bicyclic) bond motifs is 1. The van der Waals surface area contributed by atoms with Crippen molar-refractivity contribution < 1.29 is 4.79 Å². The monoisotopic (exact) mass is 434 g/mol. The molecule has 3 aromatic heterocycles. The molecule has 3 heterocycles. The average molecular weight is 434 g/mol. The van der Waals surface area contributed by atoms with Crippen LogP contribution in [-0.4, -0.2) is 29.2 Å². The van der Waals surface area contributed by atoms with Crippen LogP contribution in [0.5, 0.6) is 0 Å². The van der Waals surface area contributed by atoms with Crippen LogP contribution in [0.2, 0.25) is 0 Å². The number of hydrogen-bond donors (Lipinski definition) is 1. The standard InChI is InChI=1S/C22H22N6O4/c1-25-14-24-20-19(25)21(31)28(22(32)26(20)2)13-17(29)23-11-15-6-8-16(9-7-15)12-27-10-4-3-5-18(27)30/h3-10,14H,11-13H2,1-2H3,(H,23,29). The molecule has 32 heavy (non-hydrogen) atoms. The van der Waals surface area contributed by atoms with Gasteiger partial charge in [-0.1, -0.05) is 30.3 Å². The lowest BCUT2D eigenvalue weighted by Gasteiger charge is -2.10. The highest BCUT2D eigenvalue weighted by Crippen LogP contribution is 2.06. The lowest BCUT2D eigenvalue weighted by molar-refractivity contribution is -0.121. The first-order chi connectivity index (χ1) is 15.3. The number of imidazole rings is 1. The van der Waals surface area contributed by atoms with E-state index >= 15 is 0 Å². The van der Waals surface area contributed by atoms with Gasteiger partial charge in [0.1, 0.15) is 6.54 Å². The zero-order valence-corrected chi connectivity index (χ0v) is 17.7. The number of amides is 1. The van der Waals surface area contributed by atoms with Gasteiger partial charge in [-0.3, -0.25) is 19.0 Å². The first kappa shape index (κ1) is 21.0. The van der Waals surface area contributed by atoms with Crippen LogP contribution in [0.3, 0.4) is 0 Å². The van der Waals surface area contributed by atoms with Crippen molar-refractivity contribution in [3.8, 4) is 0 Å². The Morgan fingerprint density at radius 2 is 1.72 bits per heavy atom. The highest BCUT2D eigenvalue weighted by atomic mass is 16.2. The Bertz CT molecular complexity index is 1470. The topological polar surface area (TPSA) is 113 Å². The van der Waals surface area contributed by atoms with Gasteiger partial charge in [-0.05, 0) is 17.2 Å². The molecule has 0 aliphatic carbocycles. The number of carbonyl (C=O) groups is 1. The molecule has 10 heteroatoms. The van der Waals surface area contributed by atoms with E-state index in [4.69, 9.17) is 0 Å². The van der Waals surface area contributed by atoms with Gasteiger partial charge in [-0.15, -0.1) is 0 Å². The molecule has 0 fully saturated rings. The zero-order valence-electron chi connectivity index (χ0n) is 17.7. The molecule has 0 bridgehead atoms. The minimum Gasteiger partial charge on any atom is -0.350 e. The molecule has 0 atom stereocenters. The molecule has 0 unspecified atom stereocenters. The predicted molar refractivity (Wildman–Crippen MR) is 118 cm³/mol. The van der Waals surface area contributed by atoms with E-state index in [1.54, 1.807) is 29.9 Å². The summed E-state index contributed by atoms with van der Waals surface area (Å²) in [6.45, 7) is 0.310. The Balaban J connectivity index is 1.43. The molecule has 1 N–H and O–H groups in total. The smallest absolute Gasteiger partial charge is 0.332 e. The molecule has 0 spiro atoms. The van der Waals surface area contributed by atoms with Crippen molar-refractivity contribution in [3.63, 3.8) is 0 Å². The van der Waals surface area contributed by atoms with Gasteiger partial charge in [0.25, 0.3) is 11.1 Å². The number of benzene rings is 1. The number of rotatable bonds is 6. The number of hydrogen-bond acceptors (Lipinski definition) is 5. The average Bonchev–Trinajstić information content (AvgIpc) is 3.18. The molecule has 0 saturated heterocycles. The van der Waals surface area contributed by atoms with Crippen molar-refractivity contribution in [2.45, 2.75) is 19.6 Å². The predicted octanol–water partition coefficient (Wildman–Crippen LogP) is -0.0399. The van der Waals surface area contributed by atoms with Crippen molar-refractivity contribution in [1.29, 1.82) is 0 Å². The first-order valence-corrected chi connectivity index (χ1v) is 9.96. The normalized spacial score (nSPS) is 11.1. The third kappa shape index (κ3) is 4.02. The van der Waals surface area contributed by atoms with Gasteiger partial charge < -0.3 is 14.5 Å². The molecule has 1 amide bonds. The maximum Gasteiger partial charge on any atom is 0.332 e. The van der Waals surface area contributed by atoms with Crippen LogP contribution >= 0.6 is 0 Å². The summed E-state index contributed by atoms with van der Waals surface area (Å²) >= 11 is 0. The molecular formula is C22H22N6O4. The van der Waals surface area contributed by atoms with Crippen LogP contribution in [0, 0.1) is 0 Å². The van der Waals surface area contributed by atoms with Gasteiger partial charge >= 0.3 is 5.69 Å². The molecule has 0 saturated carbocycles. The second-order valence-corrected chi connectivity index (χ2v) is 7.52. The van der Waals surface area contributed by atoms with E-state index in [0.29, 0.717) is 6.54 Å². The largest absolute Gasteiger partial charge is 0.350 e. The van der Waals surface area contributed by atoms with Crippen molar-refractivity contribution in [1.82, 2.24) is 28.6 Å². The van der Waals surface area contributed by atoms with Crippen molar-refractivity contribution in [2.75, 3.05) is 0 Å². The van der Waals surface area contributed by atoms with Gasteiger partial charge in [0.2, 0.25) is 5.91 Å². The zero-order chi connectivity index (χ0) is 22.8. The molecular weight excluding hydrogens is 412 g/mol.